The van der Waals surface area contributed by atoms with E-state index in [4.69, 9.17) is 5.73 Å². The van der Waals surface area contributed by atoms with Gasteiger partial charge < -0.3 is 5.73 Å². The van der Waals surface area contributed by atoms with Gasteiger partial charge in [0.15, 0.2) is 0 Å². The lowest BCUT2D eigenvalue weighted by atomic mass is 10.5. The molecule has 0 aromatic carbocycles. The van der Waals surface area contributed by atoms with Crippen molar-refractivity contribution in [3.63, 3.8) is 0 Å². The number of aromatic nitrogens is 3. The van der Waals surface area contributed by atoms with Crippen LogP contribution in [0, 0.1) is 0 Å². The molecule has 0 radical (unpaired) electrons. The maximum atomic E-state index is 5.20. The molecule has 0 aliphatic heterocycles. The number of nitrogens with one attached hydrogen (secondary N) is 1. The van der Waals surface area contributed by atoms with E-state index < -0.39 is 0 Å². The van der Waals surface area contributed by atoms with Gasteiger partial charge in [0, 0.05) is 6.42 Å². The molecule has 0 aliphatic carbocycles. The summed E-state index contributed by atoms with van der Waals surface area (Å²) in [4.78, 5) is 3.84. The molecule has 3 N–H and O–H groups in total. The summed E-state index contributed by atoms with van der Waals surface area (Å²) in [6, 6.07) is 0. The highest BCUT2D eigenvalue weighted by molar-refractivity contribution is 14.0. The zero-order chi connectivity index (χ0) is 5.98. The van der Waals surface area contributed by atoms with Crippen LogP contribution >= 0.6 is 24.0 Å². The van der Waals surface area contributed by atoms with E-state index in [1.807, 2.05) is 6.92 Å². The van der Waals surface area contributed by atoms with Gasteiger partial charge in [-0.25, -0.2) is 0 Å². The number of hydrogen-bond acceptors (Lipinski definition) is 3. The van der Waals surface area contributed by atoms with Gasteiger partial charge in [-0.1, -0.05) is 6.92 Å². The Labute approximate surface area is 70.3 Å². The van der Waals surface area contributed by atoms with E-state index >= 15 is 0 Å². The number of rotatable bonds is 1. The zero-order valence-corrected chi connectivity index (χ0v) is 7.42. The second-order valence-electron chi connectivity index (χ2n) is 1.49. The SMILES string of the molecule is CCc1nc(N)n[nH]1.I. The summed E-state index contributed by atoms with van der Waals surface area (Å²) in [7, 11) is 0. The molecule has 0 bridgehead atoms. The molecule has 0 unspecified atom stereocenters. The van der Waals surface area contributed by atoms with Crippen molar-refractivity contribution in [2.45, 2.75) is 13.3 Å². The maximum Gasteiger partial charge on any atom is 0.239 e. The number of H-pyrrole nitrogens is 1. The normalized spacial score (nSPS) is 8.56. The lowest BCUT2D eigenvalue weighted by Crippen LogP contribution is -1.85. The van der Waals surface area contributed by atoms with Crippen molar-refractivity contribution in [1.29, 1.82) is 0 Å². The van der Waals surface area contributed by atoms with E-state index in [0.29, 0.717) is 5.95 Å². The van der Waals surface area contributed by atoms with E-state index in [0.717, 1.165) is 12.2 Å². The van der Waals surface area contributed by atoms with Gasteiger partial charge in [0.25, 0.3) is 0 Å². The topological polar surface area (TPSA) is 67.6 Å². The Hall–Kier alpha value is -0.330. The van der Waals surface area contributed by atoms with Gasteiger partial charge in [-0.15, -0.1) is 29.1 Å². The Balaban J connectivity index is 0.000000640. The summed E-state index contributed by atoms with van der Waals surface area (Å²) in [5.41, 5.74) is 5.20. The highest BCUT2D eigenvalue weighted by Gasteiger charge is 1.92. The molecule has 5 heteroatoms. The molecular formula is C4H9IN4. The highest BCUT2D eigenvalue weighted by Crippen LogP contribution is 1.91. The summed E-state index contributed by atoms with van der Waals surface area (Å²) < 4.78 is 0. The van der Waals surface area contributed by atoms with Gasteiger partial charge in [0.05, 0.1) is 0 Å². The van der Waals surface area contributed by atoms with E-state index in [1.165, 1.54) is 0 Å². The third-order valence-electron chi connectivity index (χ3n) is 0.884. The fraction of sp³-hybridized carbons (Fsp3) is 0.500. The van der Waals surface area contributed by atoms with Crippen LogP contribution < -0.4 is 5.73 Å². The Morgan fingerprint density at radius 1 is 1.67 bits per heavy atom. The second kappa shape index (κ2) is 3.65. The molecule has 1 rings (SSSR count). The van der Waals surface area contributed by atoms with Crippen LogP contribution in [0.25, 0.3) is 0 Å². The standard InChI is InChI=1S/C4H8N4.HI/c1-2-3-6-4(5)8-7-3;/h2H2,1H3,(H3,5,6,7,8);1H. The molecule has 4 nitrogen and oxygen atoms in total. The quantitative estimate of drug-likeness (QED) is 0.705. The van der Waals surface area contributed by atoms with Gasteiger partial charge >= 0.3 is 0 Å². The summed E-state index contributed by atoms with van der Waals surface area (Å²) in [5, 5.41) is 6.30. The minimum absolute atomic E-state index is 0. The van der Waals surface area contributed by atoms with Crippen molar-refractivity contribution >= 4 is 29.9 Å². The number of nitrogens with zero attached hydrogens (tertiary/aromatic N) is 2. The summed E-state index contributed by atoms with van der Waals surface area (Å²) in [6.45, 7) is 1.99. The Bertz CT molecular complexity index is 173. The van der Waals surface area contributed by atoms with E-state index in [1.54, 1.807) is 0 Å². The third kappa shape index (κ3) is 2.17. The second-order valence-corrected chi connectivity index (χ2v) is 1.49. The minimum atomic E-state index is 0. The first-order chi connectivity index (χ1) is 3.83. The average Bonchev–Trinajstić information content (AvgIpc) is 2.14. The summed E-state index contributed by atoms with van der Waals surface area (Å²) in [5.74, 6) is 1.16. The van der Waals surface area contributed by atoms with E-state index in [2.05, 4.69) is 15.2 Å². The molecule has 52 valence electrons. The van der Waals surface area contributed by atoms with Crippen LogP contribution in [0.15, 0.2) is 0 Å². The summed E-state index contributed by atoms with van der Waals surface area (Å²) >= 11 is 0. The smallest absolute Gasteiger partial charge is 0.239 e. The predicted molar refractivity (Wildman–Crippen MR) is 45.6 cm³/mol. The van der Waals surface area contributed by atoms with Crippen LogP contribution in [0.5, 0.6) is 0 Å². The molecule has 0 atom stereocenters. The number of anilines is 1. The molecule has 0 saturated heterocycles. The minimum Gasteiger partial charge on any atom is -0.367 e. The van der Waals surface area contributed by atoms with Crippen LogP contribution in [0.4, 0.5) is 5.95 Å². The Kier molecular flexibility index (Phi) is 3.52. The first kappa shape index (κ1) is 8.67. The highest BCUT2D eigenvalue weighted by atomic mass is 127. The first-order valence-corrected chi connectivity index (χ1v) is 2.49. The molecule has 0 saturated carbocycles. The lowest BCUT2D eigenvalue weighted by Gasteiger charge is -1.78. The molecule has 0 fully saturated rings. The molecule has 0 aliphatic rings. The Morgan fingerprint density at radius 2 is 2.33 bits per heavy atom. The van der Waals surface area contributed by atoms with Crippen molar-refractivity contribution in [2.24, 2.45) is 0 Å². The maximum absolute atomic E-state index is 5.20. The number of nitrogens with two attached hydrogens (primary N) is 1. The zero-order valence-electron chi connectivity index (χ0n) is 5.09. The average molecular weight is 240 g/mol. The summed E-state index contributed by atoms with van der Waals surface area (Å²) in [6.07, 6.45) is 0.851. The molecule has 0 amide bonds. The molecule has 9 heavy (non-hydrogen) atoms. The largest absolute Gasteiger partial charge is 0.367 e. The fourth-order valence-corrected chi connectivity index (χ4v) is 0.468. The van der Waals surface area contributed by atoms with Crippen LogP contribution in [-0.4, -0.2) is 15.2 Å². The number of nitrogen functional groups attached to an aromatic ring is 1. The monoisotopic (exact) mass is 240 g/mol. The molecule has 0 spiro atoms. The van der Waals surface area contributed by atoms with Crippen LogP contribution in [0.2, 0.25) is 0 Å². The number of aromatic amines is 1. The van der Waals surface area contributed by atoms with Crippen LogP contribution in [-0.2, 0) is 6.42 Å². The van der Waals surface area contributed by atoms with Crippen molar-refractivity contribution in [3.05, 3.63) is 5.82 Å². The van der Waals surface area contributed by atoms with Gasteiger partial charge in [0.1, 0.15) is 5.82 Å². The van der Waals surface area contributed by atoms with E-state index in [-0.39, 0.29) is 24.0 Å². The molecule has 1 heterocycles. The van der Waals surface area contributed by atoms with Crippen molar-refractivity contribution in [2.75, 3.05) is 5.73 Å². The molecule has 1 aromatic rings. The molecular weight excluding hydrogens is 231 g/mol. The van der Waals surface area contributed by atoms with Gasteiger partial charge in [-0.3, -0.25) is 5.10 Å². The van der Waals surface area contributed by atoms with Crippen molar-refractivity contribution < 1.29 is 0 Å². The fourth-order valence-electron chi connectivity index (χ4n) is 0.468. The predicted octanol–water partition coefficient (Wildman–Crippen LogP) is 0.567. The third-order valence-corrected chi connectivity index (χ3v) is 0.884. The Morgan fingerprint density at radius 3 is 2.56 bits per heavy atom. The van der Waals surface area contributed by atoms with Crippen LogP contribution in [0.3, 0.4) is 0 Å². The van der Waals surface area contributed by atoms with Crippen LogP contribution in [0.1, 0.15) is 12.7 Å². The first-order valence-electron chi connectivity index (χ1n) is 2.49. The molecule has 1 aromatic heterocycles. The number of halogens is 1. The van der Waals surface area contributed by atoms with Gasteiger partial charge in [-0.2, -0.15) is 4.98 Å². The van der Waals surface area contributed by atoms with Crippen molar-refractivity contribution in [1.82, 2.24) is 15.2 Å². The van der Waals surface area contributed by atoms with E-state index in [9.17, 15) is 0 Å². The van der Waals surface area contributed by atoms with Crippen molar-refractivity contribution in [3.8, 4) is 0 Å². The number of aryl methyl sites for hydroxylation is 1. The number of hydrogen-bond donors (Lipinski definition) is 2. The lowest BCUT2D eigenvalue weighted by molar-refractivity contribution is 0.946. The van der Waals surface area contributed by atoms with Gasteiger partial charge in [-0.05, 0) is 0 Å². The van der Waals surface area contributed by atoms with Gasteiger partial charge in [0.2, 0.25) is 5.95 Å².